The molecule has 15 heavy (non-hydrogen) atoms. The zero-order valence-electron chi connectivity index (χ0n) is 10.2. The van der Waals surface area contributed by atoms with Crippen molar-refractivity contribution < 1.29 is 5.11 Å². The lowest BCUT2D eigenvalue weighted by atomic mass is 10.0. The van der Waals surface area contributed by atoms with Gasteiger partial charge in [-0.15, -0.1) is 0 Å². The van der Waals surface area contributed by atoms with Crippen molar-refractivity contribution in [2.24, 2.45) is 0 Å². The van der Waals surface area contributed by atoms with E-state index in [4.69, 9.17) is 0 Å². The minimum Gasteiger partial charge on any atom is -0.393 e. The van der Waals surface area contributed by atoms with Gasteiger partial charge in [-0.25, -0.2) is 0 Å². The summed E-state index contributed by atoms with van der Waals surface area (Å²) in [5, 5.41) is 12.8. The molecular weight excluding hydrogens is 188 g/mol. The number of nitrogens with one attached hydrogen (secondary N) is 1. The van der Waals surface area contributed by atoms with Crippen molar-refractivity contribution >= 4 is 0 Å². The van der Waals surface area contributed by atoms with Gasteiger partial charge in [0.05, 0.1) is 6.10 Å². The Hall–Kier alpha value is -0.120. The highest BCUT2D eigenvalue weighted by molar-refractivity contribution is 4.78. The van der Waals surface area contributed by atoms with Crippen molar-refractivity contribution in [2.45, 2.75) is 51.7 Å². The summed E-state index contributed by atoms with van der Waals surface area (Å²) in [4.78, 5) is 2.54. The van der Waals surface area contributed by atoms with Gasteiger partial charge < -0.3 is 10.4 Å². The van der Waals surface area contributed by atoms with E-state index in [0.717, 1.165) is 19.5 Å². The zero-order chi connectivity index (χ0) is 11.1. The van der Waals surface area contributed by atoms with E-state index in [9.17, 15) is 5.11 Å². The fourth-order valence-corrected chi connectivity index (χ4v) is 2.26. The average molecular weight is 214 g/mol. The first-order valence-corrected chi connectivity index (χ1v) is 6.37. The number of aliphatic hydroxyl groups is 1. The van der Waals surface area contributed by atoms with E-state index >= 15 is 0 Å². The molecule has 1 rings (SSSR count). The monoisotopic (exact) mass is 214 g/mol. The standard InChI is InChI=1S/C12H26N2O/c1-3-8-14(9-6-11(2)15)12-5-4-7-13-10-12/h11-13,15H,3-10H2,1-2H3. The van der Waals surface area contributed by atoms with Crippen LogP contribution in [0.4, 0.5) is 0 Å². The molecule has 1 heterocycles. The van der Waals surface area contributed by atoms with Crippen LogP contribution in [-0.2, 0) is 0 Å². The zero-order valence-corrected chi connectivity index (χ0v) is 10.2. The molecule has 0 bridgehead atoms. The third-order valence-electron chi connectivity index (χ3n) is 3.13. The first kappa shape index (κ1) is 12.9. The number of piperidine rings is 1. The third-order valence-corrected chi connectivity index (χ3v) is 3.13. The van der Waals surface area contributed by atoms with E-state index in [1.54, 1.807) is 0 Å². The molecule has 2 N–H and O–H groups in total. The maximum Gasteiger partial charge on any atom is 0.0524 e. The Morgan fingerprint density at radius 2 is 2.27 bits per heavy atom. The molecule has 0 saturated carbocycles. The molecule has 0 aliphatic carbocycles. The van der Waals surface area contributed by atoms with E-state index < -0.39 is 0 Å². The Balaban J connectivity index is 2.33. The van der Waals surface area contributed by atoms with Crippen molar-refractivity contribution in [3.05, 3.63) is 0 Å². The molecule has 3 nitrogen and oxygen atoms in total. The molecule has 0 aromatic carbocycles. The van der Waals surface area contributed by atoms with Crippen LogP contribution in [0.5, 0.6) is 0 Å². The van der Waals surface area contributed by atoms with Gasteiger partial charge in [-0.3, -0.25) is 4.90 Å². The Morgan fingerprint density at radius 1 is 1.47 bits per heavy atom. The first-order valence-electron chi connectivity index (χ1n) is 6.37. The van der Waals surface area contributed by atoms with Gasteiger partial charge in [-0.1, -0.05) is 6.92 Å². The van der Waals surface area contributed by atoms with Crippen molar-refractivity contribution in [3.63, 3.8) is 0 Å². The predicted octanol–water partition coefficient (Wildman–Crippen LogP) is 1.22. The highest BCUT2D eigenvalue weighted by Gasteiger charge is 2.19. The average Bonchev–Trinajstić information content (AvgIpc) is 2.25. The van der Waals surface area contributed by atoms with Gasteiger partial charge in [0.1, 0.15) is 0 Å². The molecule has 1 aliphatic rings. The number of hydrogen-bond donors (Lipinski definition) is 2. The van der Waals surface area contributed by atoms with Gasteiger partial charge in [-0.05, 0) is 45.7 Å². The van der Waals surface area contributed by atoms with Crippen molar-refractivity contribution in [1.29, 1.82) is 0 Å². The van der Waals surface area contributed by atoms with E-state index in [0.29, 0.717) is 6.04 Å². The Kier molecular flexibility index (Phi) is 6.22. The maximum absolute atomic E-state index is 9.33. The molecule has 1 saturated heterocycles. The second kappa shape index (κ2) is 7.20. The van der Waals surface area contributed by atoms with Crippen LogP contribution >= 0.6 is 0 Å². The Morgan fingerprint density at radius 3 is 2.80 bits per heavy atom. The van der Waals surface area contributed by atoms with Gasteiger partial charge in [0.2, 0.25) is 0 Å². The predicted molar refractivity (Wildman–Crippen MR) is 64.1 cm³/mol. The van der Waals surface area contributed by atoms with Crippen molar-refractivity contribution in [1.82, 2.24) is 10.2 Å². The summed E-state index contributed by atoms with van der Waals surface area (Å²) in [6.45, 7) is 8.61. The molecule has 0 spiro atoms. The van der Waals surface area contributed by atoms with Gasteiger partial charge in [0, 0.05) is 19.1 Å². The Bertz CT molecular complexity index is 156. The molecule has 1 aliphatic heterocycles. The summed E-state index contributed by atoms with van der Waals surface area (Å²) in [7, 11) is 0. The van der Waals surface area contributed by atoms with E-state index in [2.05, 4.69) is 17.1 Å². The first-order chi connectivity index (χ1) is 7.24. The molecule has 90 valence electrons. The highest BCUT2D eigenvalue weighted by Crippen LogP contribution is 2.12. The molecular formula is C12H26N2O. The molecule has 0 aromatic heterocycles. The van der Waals surface area contributed by atoms with Gasteiger partial charge in [0.15, 0.2) is 0 Å². The SMILES string of the molecule is CCCN(CCC(C)O)C1CCCNC1. The summed E-state index contributed by atoms with van der Waals surface area (Å²) in [5.41, 5.74) is 0. The van der Waals surface area contributed by atoms with Crippen LogP contribution in [0.25, 0.3) is 0 Å². The van der Waals surface area contributed by atoms with E-state index in [-0.39, 0.29) is 6.10 Å². The van der Waals surface area contributed by atoms with Crippen molar-refractivity contribution in [2.75, 3.05) is 26.2 Å². The quantitative estimate of drug-likeness (QED) is 0.698. The normalized spacial score (nSPS) is 24.4. The highest BCUT2D eigenvalue weighted by atomic mass is 16.3. The summed E-state index contributed by atoms with van der Waals surface area (Å²) in [6.07, 6.45) is 4.54. The lowest BCUT2D eigenvalue weighted by molar-refractivity contribution is 0.121. The fourth-order valence-electron chi connectivity index (χ4n) is 2.26. The van der Waals surface area contributed by atoms with Gasteiger partial charge in [-0.2, -0.15) is 0 Å². The summed E-state index contributed by atoms with van der Waals surface area (Å²) in [5.74, 6) is 0. The molecule has 3 heteroatoms. The number of aliphatic hydroxyl groups excluding tert-OH is 1. The fraction of sp³-hybridized carbons (Fsp3) is 1.00. The topological polar surface area (TPSA) is 35.5 Å². The minimum atomic E-state index is -0.166. The number of hydrogen-bond acceptors (Lipinski definition) is 3. The largest absolute Gasteiger partial charge is 0.393 e. The van der Waals surface area contributed by atoms with Crippen LogP contribution in [-0.4, -0.2) is 48.3 Å². The molecule has 2 atom stereocenters. The Labute approximate surface area is 93.9 Å². The van der Waals surface area contributed by atoms with Gasteiger partial charge >= 0.3 is 0 Å². The summed E-state index contributed by atoms with van der Waals surface area (Å²) >= 11 is 0. The smallest absolute Gasteiger partial charge is 0.0524 e. The van der Waals surface area contributed by atoms with Crippen molar-refractivity contribution in [3.8, 4) is 0 Å². The number of nitrogens with zero attached hydrogens (tertiary/aromatic N) is 1. The number of rotatable bonds is 6. The van der Waals surface area contributed by atoms with Crippen LogP contribution in [0.1, 0.15) is 39.5 Å². The van der Waals surface area contributed by atoms with Crippen LogP contribution in [0.3, 0.4) is 0 Å². The van der Waals surface area contributed by atoms with Crippen LogP contribution in [0.15, 0.2) is 0 Å². The van der Waals surface area contributed by atoms with E-state index in [1.165, 1.54) is 32.4 Å². The minimum absolute atomic E-state index is 0.166. The van der Waals surface area contributed by atoms with Crippen LogP contribution in [0.2, 0.25) is 0 Å². The van der Waals surface area contributed by atoms with Crippen LogP contribution < -0.4 is 5.32 Å². The molecule has 0 amide bonds. The molecule has 2 unspecified atom stereocenters. The van der Waals surface area contributed by atoms with E-state index in [1.807, 2.05) is 6.92 Å². The lowest BCUT2D eigenvalue weighted by Gasteiger charge is -2.34. The summed E-state index contributed by atoms with van der Waals surface area (Å²) in [6, 6.07) is 0.692. The molecule has 0 radical (unpaired) electrons. The summed E-state index contributed by atoms with van der Waals surface area (Å²) < 4.78 is 0. The lowest BCUT2D eigenvalue weighted by Crippen LogP contribution is -2.47. The molecule has 0 aromatic rings. The van der Waals surface area contributed by atoms with Gasteiger partial charge in [0.25, 0.3) is 0 Å². The third kappa shape index (κ3) is 4.96. The second-order valence-corrected chi connectivity index (χ2v) is 4.67. The molecule has 1 fully saturated rings. The second-order valence-electron chi connectivity index (χ2n) is 4.67. The maximum atomic E-state index is 9.33. The van der Waals surface area contributed by atoms with Crippen LogP contribution in [0, 0.1) is 0 Å².